The topological polar surface area (TPSA) is 3.24 Å². The summed E-state index contributed by atoms with van der Waals surface area (Å²) in [5.41, 5.74) is 24.3. The van der Waals surface area contributed by atoms with Gasteiger partial charge in [-0.1, -0.05) is 208 Å². The molecule has 2 heteroatoms. The second-order valence-electron chi connectivity index (χ2n) is 18.8. The molecule has 0 aliphatic heterocycles. The van der Waals surface area contributed by atoms with Crippen molar-refractivity contribution in [3.8, 4) is 55.6 Å². The first-order valence-corrected chi connectivity index (χ1v) is 24.2. The Morgan fingerprint density at radius 1 is 0.478 bits per heavy atom. The van der Waals surface area contributed by atoms with E-state index in [0.29, 0.717) is 0 Å². The SMILES string of the molecule is C=C(/C=C\c1c(C)sc2cc(-c3ccccc3)ccc12)N(c1ccc2c(c1)C(C)(C)c1ccccc1-2)c1cccc2c1-c1ccccc1C21c2ccccc2-c2c(-c3ccccc3)cccc21. The van der Waals surface area contributed by atoms with Crippen LogP contribution in [0.15, 0.2) is 225 Å². The number of rotatable bonds is 7. The summed E-state index contributed by atoms with van der Waals surface area (Å²) in [4.78, 5) is 3.72. The van der Waals surface area contributed by atoms with Crippen LogP contribution in [0.3, 0.4) is 0 Å². The lowest BCUT2D eigenvalue weighted by molar-refractivity contribution is 0.660. The quantitative estimate of drug-likeness (QED) is 0.144. The Balaban J connectivity index is 1.02. The van der Waals surface area contributed by atoms with Gasteiger partial charge in [0.25, 0.3) is 0 Å². The molecule has 67 heavy (non-hydrogen) atoms. The number of aryl methyl sites for hydroxylation is 1. The first kappa shape index (κ1) is 39.6. The fourth-order valence-electron chi connectivity index (χ4n) is 12.1. The van der Waals surface area contributed by atoms with E-state index in [2.05, 4.69) is 244 Å². The zero-order valence-corrected chi connectivity index (χ0v) is 38.7. The molecule has 13 rings (SSSR count). The summed E-state index contributed by atoms with van der Waals surface area (Å²) >= 11 is 1.86. The molecule has 1 aromatic heterocycles. The van der Waals surface area contributed by atoms with Gasteiger partial charge in [-0.05, 0) is 132 Å². The summed E-state index contributed by atoms with van der Waals surface area (Å²) in [6.45, 7) is 12.0. The Bertz CT molecular complexity index is 3700. The zero-order chi connectivity index (χ0) is 45.0. The van der Waals surface area contributed by atoms with Gasteiger partial charge in [-0.25, -0.2) is 0 Å². The van der Waals surface area contributed by atoms with E-state index in [0.717, 1.165) is 17.1 Å². The maximum absolute atomic E-state index is 4.97. The normalized spacial score (nSPS) is 15.6. The number of allylic oxidation sites excluding steroid dienone is 1. The van der Waals surface area contributed by atoms with Gasteiger partial charge in [0, 0.05) is 31.9 Å². The smallest absolute Gasteiger partial charge is 0.0726 e. The highest BCUT2D eigenvalue weighted by Crippen LogP contribution is 2.66. The molecular formula is C65H47NS. The average Bonchev–Trinajstić information content (AvgIpc) is 4.04. The lowest BCUT2D eigenvalue weighted by Crippen LogP contribution is -2.26. The summed E-state index contributed by atoms with van der Waals surface area (Å²) in [6.07, 6.45) is 4.54. The Morgan fingerprint density at radius 2 is 1.04 bits per heavy atom. The number of benzene rings is 9. The number of nitrogens with zero attached hydrogens (tertiary/aromatic N) is 1. The van der Waals surface area contributed by atoms with Crippen molar-refractivity contribution in [3.05, 3.63) is 268 Å². The van der Waals surface area contributed by atoms with Crippen molar-refractivity contribution in [1.82, 2.24) is 0 Å². The van der Waals surface area contributed by atoms with Crippen molar-refractivity contribution in [2.45, 2.75) is 31.6 Å². The molecule has 1 heterocycles. The molecule has 318 valence electrons. The van der Waals surface area contributed by atoms with Crippen LogP contribution in [0.1, 0.15) is 57.7 Å². The van der Waals surface area contributed by atoms with Crippen molar-refractivity contribution in [2.75, 3.05) is 4.90 Å². The van der Waals surface area contributed by atoms with Crippen LogP contribution in [0.4, 0.5) is 11.4 Å². The van der Waals surface area contributed by atoms with Gasteiger partial charge >= 0.3 is 0 Å². The molecule has 0 N–H and O–H groups in total. The Hall–Kier alpha value is -7.78. The maximum atomic E-state index is 4.97. The zero-order valence-electron chi connectivity index (χ0n) is 37.8. The Morgan fingerprint density at radius 3 is 1.78 bits per heavy atom. The molecule has 1 nitrogen and oxygen atoms in total. The molecule has 3 aliphatic carbocycles. The van der Waals surface area contributed by atoms with Gasteiger partial charge in [0.2, 0.25) is 0 Å². The molecule has 0 saturated heterocycles. The van der Waals surface area contributed by atoms with Crippen molar-refractivity contribution < 1.29 is 0 Å². The highest BCUT2D eigenvalue weighted by atomic mass is 32.1. The number of hydrogen-bond acceptors (Lipinski definition) is 2. The van der Waals surface area contributed by atoms with E-state index in [9.17, 15) is 0 Å². The molecule has 3 aliphatic rings. The molecule has 1 spiro atoms. The molecular weight excluding hydrogens is 827 g/mol. The van der Waals surface area contributed by atoms with E-state index in [4.69, 9.17) is 6.58 Å². The number of hydrogen-bond donors (Lipinski definition) is 0. The van der Waals surface area contributed by atoms with Crippen LogP contribution in [0, 0.1) is 6.92 Å². The number of fused-ring (bicyclic) bond motifs is 14. The predicted octanol–water partition coefficient (Wildman–Crippen LogP) is 17.6. The minimum absolute atomic E-state index is 0.168. The van der Waals surface area contributed by atoms with Crippen molar-refractivity contribution in [3.63, 3.8) is 0 Å². The molecule has 1 unspecified atom stereocenters. The van der Waals surface area contributed by atoms with Crippen LogP contribution in [0.25, 0.3) is 71.8 Å². The maximum Gasteiger partial charge on any atom is 0.0726 e. The molecule has 10 aromatic rings. The summed E-state index contributed by atoms with van der Waals surface area (Å²) in [7, 11) is 0. The second kappa shape index (κ2) is 14.9. The molecule has 9 aromatic carbocycles. The average molecular weight is 874 g/mol. The summed E-state index contributed by atoms with van der Waals surface area (Å²) in [5.74, 6) is 0. The fraction of sp³-hybridized carbons (Fsp3) is 0.0769. The van der Waals surface area contributed by atoms with E-state index >= 15 is 0 Å². The van der Waals surface area contributed by atoms with Crippen LogP contribution in [-0.2, 0) is 10.8 Å². The first-order valence-electron chi connectivity index (χ1n) is 23.4. The summed E-state index contributed by atoms with van der Waals surface area (Å²) in [5, 5.41) is 1.26. The van der Waals surface area contributed by atoms with Crippen molar-refractivity contribution in [1.29, 1.82) is 0 Å². The van der Waals surface area contributed by atoms with Crippen molar-refractivity contribution in [2.24, 2.45) is 0 Å². The van der Waals surface area contributed by atoms with Gasteiger partial charge in [0.15, 0.2) is 0 Å². The van der Waals surface area contributed by atoms with Crippen LogP contribution >= 0.6 is 11.3 Å². The molecule has 0 fully saturated rings. The Labute approximate surface area is 397 Å². The first-order chi connectivity index (χ1) is 32.8. The largest absolute Gasteiger partial charge is 0.310 e. The van der Waals surface area contributed by atoms with E-state index < -0.39 is 5.41 Å². The molecule has 0 radical (unpaired) electrons. The third-order valence-electron chi connectivity index (χ3n) is 15.0. The summed E-state index contributed by atoms with van der Waals surface area (Å²) in [6, 6.07) is 76.7. The van der Waals surface area contributed by atoms with Gasteiger partial charge in [-0.3, -0.25) is 0 Å². The number of thiophene rings is 1. The molecule has 0 saturated carbocycles. The fourth-order valence-corrected chi connectivity index (χ4v) is 13.2. The van der Waals surface area contributed by atoms with Crippen LogP contribution < -0.4 is 4.90 Å². The highest BCUT2D eigenvalue weighted by Gasteiger charge is 2.53. The standard InChI is InChI=1S/C65H47NS/c1-41(33-36-47-42(2)67-61-39-45(34-37-51(47)61)43-19-7-5-8-20-43)66(46-35-38-50-49-23-11-14-27-54(49)64(3,4)59(50)40-46)60-32-18-31-58-63(60)53-25-13-16-29-56(53)65(58)55-28-15-12-24-52(55)62-48(26-17-30-57(62)65)44-21-9-6-10-22-44/h5-40H,1H2,2-4H3/b36-33-. The minimum Gasteiger partial charge on any atom is -0.310 e. The molecule has 0 amide bonds. The van der Waals surface area contributed by atoms with Crippen molar-refractivity contribution >= 4 is 38.9 Å². The van der Waals surface area contributed by atoms with Gasteiger partial charge in [-0.2, -0.15) is 0 Å². The Kier molecular flexibility index (Phi) is 8.78. The van der Waals surface area contributed by atoms with E-state index in [-0.39, 0.29) is 5.41 Å². The highest BCUT2D eigenvalue weighted by molar-refractivity contribution is 7.19. The second-order valence-corrected chi connectivity index (χ2v) is 20.1. The predicted molar refractivity (Wildman–Crippen MR) is 284 cm³/mol. The van der Waals surface area contributed by atoms with Crippen LogP contribution in [-0.4, -0.2) is 0 Å². The molecule has 0 bridgehead atoms. The number of anilines is 2. The van der Waals surface area contributed by atoms with Crippen LogP contribution in [0.5, 0.6) is 0 Å². The lowest BCUT2D eigenvalue weighted by atomic mass is 9.70. The van der Waals surface area contributed by atoms with Crippen LogP contribution in [0.2, 0.25) is 0 Å². The third-order valence-corrected chi connectivity index (χ3v) is 16.1. The van der Waals surface area contributed by atoms with Gasteiger partial charge in [-0.15, -0.1) is 11.3 Å². The minimum atomic E-state index is -0.519. The van der Waals surface area contributed by atoms with Gasteiger partial charge < -0.3 is 4.90 Å². The van der Waals surface area contributed by atoms with E-state index in [1.54, 1.807) is 0 Å². The van der Waals surface area contributed by atoms with Gasteiger partial charge in [0.05, 0.1) is 11.1 Å². The summed E-state index contributed by atoms with van der Waals surface area (Å²) < 4.78 is 1.29. The molecule has 1 atom stereocenters. The third kappa shape index (κ3) is 5.67. The van der Waals surface area contributed by atoms with E-state index in [1.165, 1.54) is 110 Å². The van der Waals surface area contributed by atoms with E-state index in [1.807, 2.05) is 11.3 Å². The monoisotopic (exact) mass is 873 g/mol. The van der Waals surface area contributed by atoms with Gasteiger partial charge in [0.1, 0.15) is 0 Å². The lowest BCUT2D eigenvalue weighted by Gasteiger charge is -2.32.